The Kier molecular flexibility index (Phi) is 3.40. The molecule has 1 unspecified atom stereocenters. The normalized spacial score (nSPS) is 14.4. The summed E-state index contributed by atoms with van der Waals surface area (Å²) in [5, 5.41) is 16.3. The fraction of sp³-hybridized carbons (Fsp3) is 0.118. The lowest BCUT2D eigenvalue weighted by Crippen LogP contribution is -2.24. The van der Waals surface area contributed by atoms with Crippen molar-refractivity contribution in [2.45, 2.75) is 11.3 Å². The van der Waals surface area contributed by atoms with Crippen LogP contribution in [0.4, 0.5) is 5.69 Å². The van der Waals surface area contributed by atoms with Gasteiger partial charge in [0.25, 0.3) is 5.56 Å². The molecule has 118 valence electrons. The van der Waals surface area contributed by atoms with Crippen LogP contribution in [-0.4, -0.2) is 21.0 Å². The third-order valence-corrected chi connectivity index (χ3v) is 5.64. The first-order valence-electron chi connectivity index (χ1n) is 7.38. The lowest BCUT2D eigenvalue weighted by atomic mass is 10.1. The highest BCUT2D eigenvalue weighted by atomic mass is 32.2. The van der Waals surface area contributed by atoms with E-state index in [0.29, 0.717) is 27.8 Å². The van der Waals surface area contributed by atoms with E-state index in [1.165, 1.54) is 6.20 Å². The van der Waals surface area contributed by atoms with Crippen LogP contribution in [-0.2, 0) is 17.4 Å². The number of rotatable bonds is 2. The van der Waals surface area contributed by atoms with E-state index in [4.69, 9.17) is 5.26 Å². The third-order valence-electron chi connectivity index (χ3n) is 4.13. The summed E-state index contributed by atoms with van der Waals surface area (Å²) in [6.45, 7) is 0.601. The summed E-state index contributed by atoms with van der Waals surface area (Å²) in [6, 6.07) is 12.7. The molecule has 0 fully saturated rings. The van der Waals surface area contributed by atoms with Gasteiger partial charge in [0.2, 0.25) is 0 Å². The van der Waals surface area contributed by atoms with Gasteiger partial charge in [-0.3, -0.25) is 9.10 Å². The minimum absolute atomic E-state index is 0.306. The number of nitriles is 1. The second-order valence-corrected chi connectivity index (χ2v) is 6.85. The molecule has 0 spiro atoms. The predicted molar refractivity (Wildman–Crippen MR) is 91.0 cm³/mol. The van der Waals surface area contributed by atoms with Gasteiger partial charge >= 0.3 is 0 Å². The van der Waals surface area contributed by atoms with Crippen LogP contribution in [0.2, 0.25) is 0 Å². The van der Waals surface area contributed by atoms with Gasteiger partial charge in [-0.15, -0.1) is 0 Å². The van der Waals surface area contributed by atoms with Crippen molar-refractivity contribution in [3.63, 3.8) is 0 Å². The smallest absolute Gasteiger partial charge is 0.272 e. The number of fused-ring (bicyclic) bond motifs is 2. The zero-order valence-corrected chi connectivity index (χ0v) is 13.3. The Labute approximate surface area is 139 Å². The fourth-order valence-corrected chi connectivity index (χ4v) is 4.34. The Bertz CT molecular complexity index is 1080. The molecule has 0 amide bonds. The molecular weight excluding hydrogens is 324 g/mol. The highest BCUT2D eigenvalue weighted by Crippen LogP contribution is 2.33. The summed E-state index contributed by atoms with van der Waals surface area (Å²) < 4.78 is 14.9. The number of hydrogen-bond donors (Lipinski definition) is 1. The fourth-order valence-electron chi connectivity index (χ4n) is 2.95. The zero-order chi connectivity index (χ0) is 16.7. The molecule has 0 radical (unpaired) electrons. The summed E-state index contributed by atoms with van der Waals surface area (Å²) in [7, 11) is -1.48. The highest BCUT2D eigenvalue weighted by Gasteiger charge is 2.26. The van der Waals surface area contributed by atoms with Crippen LogP contribution in [0.5, 0.6) is 0 Å². The third kappa shape index (κ3) is 2.20. The first-order valence-corrected chi connectivity index (χ1v) is 8.48. The molecule has 4 rings (SSSR count). The molecule has 0 bridgehead atoms. The van der Waals surface area contributed by atoms with E-state index in [0.717, 1.165) is 17.7 Å². The molecule has 1 N–H and O–H groups in total. The molecule has 7 heteroatoms. The average molecular weight is 336 g/mol. The SMILES string of the molecule is N#Cc1ccc2c(c1)N(S(=O)c1cccc3c(=O)[nH]ncc13)CC2. The molecule has 0 saturated heterocycles. The van der Waals surface area contributed by atoms with Crippen LogP contribution in [0, 0.1) is 11.3 Å². The molecule has 1 aliphatic rings. The van der Waals surface area contributed by atoms with Crippen molar-refractivity contribution in [1.82, 2.24) is 10.2 Å². The van der Waals surface area contributed by atoms with Crippen molar-refractivity contribution >= 4 is 27.4 Å². The van der Waals surface area contributed by atoms with E-state index in [9.17, 15) is 9.00 Å². The number of aromatic amines is 1. The van der Waals surface area contributed by atoms with Gasteiger partial charge in [-0.25, -0.2) is 9.31 Å². The Morgan fingerprint density at radius 2 is 2.12 bits per heavy atom. The van der Waals surface area contributed by atoms with Gasteiger partial charge in [0.15, 0.2) is 11.0 Å². The first kappa shape index (κ1) is 14.6. The molecular formula is C17H12N4O2S. The Morgan fingerprint density at radius 1 is 1.25 bits per heavy atom. The van der Waals surface area contributed by atoms with Crippen molar-refractivity contribution in [2.24, 2.45) is 0 Å². The van der Waals surface area contributed by atoms with Crippen LogP contribution in [0.1, 0.15) is 11.1 Å². The lowest BCUT2D eigenvalue weighted by Gasteiger charge is -2.19. The summed E-state index contributed by atoms with van der Waals surface area (Å²) in [6.07, 6.45) is 2.29. The summed E-state index contributed by atoms with van der Waals surface area (Å²) >= 11 is 0. The van der Waals surface area contributed by atoms with Gasteiger partial charge < -0.3 is 0 Å². The average Bonchev–Trinajstić information content (AvgIpc) is 3.04. The van der Waals surface area contributed by atoms with Crippen molar-refractivity contribution in [3.8, 4) is 6.07 Å². The molecule has 3 aromatic rings. The standard InChI is InChI=1S/C17H12N4O2S/c18-9-11-4-5-12-6-7-21(15(12)8-11)24(23)16-3-1-2-13-14(16)10-19-20-17(13)22/h1-5,8,10H,6-7H2,(H,20,22). The van der Waals surface area contributed by atoms with Gasteiger partial charge in [0.05, 0.1) is 33.8 Å². The van der Waals surface area contributed by atoms with Gasteiger partial charge in [-0.2, -0.15) is 10.4 Å². The Hall–Kier alpha value is -2.98. The van der Waals surface area contributed by atoms with E-state index >= 15 is 0 Å². The van der Waals surface area contributed by atoms with Gasteiger partial charge in [-0.1, -0.05) is 12.1 Å². The lowest BCUT2D eigenvalue weighted by molar-refractivity contribution is 0.681. The highest BCUT2D eigenvalue weighted by molar-refractivity contribution is 7.86. The van der Waals surface area contributed by atoms with Gasteiger partial charge in [0, 0.05) is 11.9 Å². The number of benzene rings is 2. The maximum Gasteiger partial charge on any atom is 0.272 e. The van der Waals surface area contributed by atoms with Crippen LogP contribution in [0.15, 0.2) is 52.3 Å². The minimum atomic E-state index is -1.48. The number of H-pyrrole nitrogens is 1. The van der Waals surface area contributed by atoms with Crippen LogP contribution < -0.4 is 9.86 Å². The molecule has 1 aromatic heterocycles. The quantitative estimate of drug-likeness (QED) is 0.774. The number of aromatic nitrogens is 2. The Balaban J connectivity index is 1.84. The van der Waals surface area contributed by atoms with E-state index in [-0.39, 0.29) is 5.56 Å². The van der Waals surface area contributed by atoms with Crippen LogP contribution in [0.25, 0.3) is 10.8 Å². The second kappa shape index (κ2) is 5.58. The molecule has 2 aromatic carbocycles. The Morgan fingerprint density at radius 3 is 2.96 bits per heavy atom. The maximum atomic E-state index is 13.1. The molecule has 2 heterocycles. The number of nitrogens with one attached hydrogen (secondary N) is 1. The van der Waals surface area contributed by atoms with Gasteiger partial charge in [0.1, 0.15) is 0 Å². The molecule has 0 saturated carbocycles. The van der Waals surface area contributed by atoms with E-state index in [2.05, 4.69) is 16.3 Å². The van der Waals surface area contributed by atoms with Crippen LogP contribution in [0.3, 0.4) is 0 Å². The number of nitrogens with zero attached hydrogens (tertiary/aromatic N) is 3. The first-order chi connectivity index (χ1) is 11.7. The number of hydrogen-bond acceptors (Lipinski definition) is 4. The van der Waals surface area contributed by atoms with Crippen LogP contribution >= 0.6 is 0 Å². The molecule has 1 atom stereocenters. The van der Waals surface area contributed by atoms with Crippen molar-refractivity contribution < 1.29 is 4.21 Å². The molecule has 0 aliphatic carbocycles. The van der Waals surface area contributed by atoms with Crippen molar-refractivity contribution in [3.05, 3.63) is 64.1 Å². The van der Waals surface area contributed by atoms with E-state index < -0.39 is 11.0 Å². The zero-order valence-electron chi connectivity index (χ0n) is 12.5. The molecule has 24 heavy (non-hydrogen) atoms. The topological polar surface area (TPSA) is 89.9 Å². The minimum Gasteiger partial charge on any atom is -0.287 e. The van der Waals surface area contributed by atoms with E-state index in [1.807, 2.05) is 6.07 Å². The summed E-state index contributed by atoms with van der Waals surface area (Å²) in [5.74, 6) is 0. The molecule has 6 nitrogen and oxygen atoms in total. The van der Waals surface area contributed by atoms with Gasteiger partial charge in [-0.05, 0) is 36.2 Å². The second-order valence-electron chi connectivity index (χ2n) is 5.47. The summed E-state index contributed by atoms with van der Waals surface area (Å²) in [5.41, 5.74) is 2.11. The monoisotopic (exact) mass is 336 g/mol. The maximum absolute atomic E-state index is 13.1. The van der Waals surface area contributed by atoms with E-state index in [1.54, 1.807) is 34.6 Å². The number of anilines is 1. The van der Waals surface area contributed by atoms with Crippen molar-refractivity contribution in [1.29, 1.82) is 5.26 Å². The summed E-state index contributed by atoms with van der Waals surface area (Å²) in [4.78, 5) is 12.4. The predicted octanol–water partition coefficient (Wildman–Crippen LogP) is 1.88. The van der Waals surface area contributed by atoms with Crippen molar-refractivity contribution in [2.75, 3.05) is 10.8 Å². The molecule has 1 aliphatic heterocycles. The largest absolute Gasteiger partial charge is 0.287 e.